The molecular weight excluding hydrogens is 434 g/mol. The molecule has 0 radical (unpaired) electrons. The summed E-state index contributed by atoms with van der Waals surface area (Å²) < 4.78 is 1.14. The normalized spacial score (nSPS) is 14.8. The van der Waals surface area contributed by atoms with Crippen molar-refractivity contribution in [2.45, 2.75) is 11.6 Å². The Hall–Kier alpha value is -3.30. The minimum atomic E-state index is -0.249. The predicted molar refractivity (Wildman–Crippen MR) is 136 cm³/mol. The maximum Gasteiger partial charge on any atom is 0.280 e. The zero-order valence-corrected chi connectivity index (χ0v) is 19.2. The van der Waals surface area contributed by atoms with Crippen LogP contribution in [-0.4, -0.2) is 58.0 Å². The maximum atomic E-state index is 12.5. The SMILES string of the molecule is Nc1ccc2c(=O)n(N)c(SCCCN3CCN(c4ccc5ccccc5n4)CC3)nc2c1. The molecule has 0 saturated carbocycles. The van der Waals surface area contributed by atoms with Gasteiger partial charge in [-0.3, -0.25) is 9.69 Å². The van der Waals surface area contributed by atoms with Crippen LogP contribution >= 0.6 is 11.8 Å². The molecule has 5 rings (SSSR count). The Morgan fingerprint density at radius 2 is 1.76 bits per heavy atom. The fraction of sp³-hybridized carbons (Fsp3) is 0.292. The van der Waals surface area contributed by atoms with E-state index >= 15 is 0 Å². The van der Waals surface area contributed by atoms with Crippen LogP contribution in [0.5, 0.6) is 0 Å². The second kappa shape index (κ2) is 9.29. The van der Waals surface area contributed by atoms with E-state index in [1.54, 1.807) is 18.2 Å². The summed E-state index contributed by atoms with van der Waals surface area (Å²) in [6, 6.07) is 17.6. The Balaban J connectivity index is 1.13. The van der Waals surface area contributed by atoms with Crippen molar-refractivity contribution in [1.29, 1.82) is 0 Å². The zero-order chi connectivity index (χ0) is 22.8. The van der Waals surface area contributed by atoms with E-state index in [-0.39, 0.29) is 5.56 Å². The number of benzene rings is 2. The number of hydrogen-bond donors (Lipinski definition) is 2. The molecule has 1 saturated heterocycles. The van der Waals surface area contributed by atoms with Crippen LogP contribution in [-0.2, 0) is 0 Å². The standard InChI is InChI=1S/C24H27N7OS/c25-18-7-8-19-21(16-18)28-24(31(26)23(19)32)33-15-3-10-29-11-13-30(14-12-29)22-9-6-17-4-1-2-5-20(17)27-22/h1-2,4-9,16H,3,10-15,25-26H2. The molecule has 170 valence electrons. The van der Waals surface area contributed by atoms with Crippen LogP contribution in [0.15, 0.2) is 64.5 Å². The van der Waals surface area contributed by atoms with Crippen molar-refractivity contribution in [3.8, 4) is 0 Å². The Morgan fingerprint density at radius 3 is 2.61 bits per heavy atom. The molecule has 0 aliphatic carbocycles. The Kier molecular flexibility index (Phi) is 6.06. The molecule has 0 bridgehead atoms. The number of pyridine rings is 1. The fourth-order valence-corrected chi connectivity index (χ4v) is 5.02. The lowest BCUT2D eigenvalue weighted by Gasteiger charge is -2.35. The van der Waals surface area contributed by atoms with Crippen molar-refractivity contribution in [2.75, 3.05) is 55.0 Å². The van der Waals surface area contributed by atoms with Gasteiger partial charge in [-0.15, -0.1) is 0 Å². The van der Waals surface area contributed by atoms with Gasteiger partial charge in [-0.25, -0.2) is 14.6 Å². The molecule has 2 aromatic heterocycles. The second-order valence-electron chi connectivity index (χ2n) is 8.24. The lowest BCUT2D eigenvalue weighted by Crippen LogP contribution is -2.47. The van der Waals surface area contributed by atoms with E-state index in [2.05, 4.69) is 39.0 Å². The van der Waals surface area contributed by atoms with Gasteiger partial charge < -0.3 is 16.5 Å². The number of para-hydroxylation sites is 1. The van der Waals surface area contributed by atoms with Crippen LogP contribution in [0.4, 0.5) is 11.5 Å². The maximum absolute atomic E-state index is 12.5. The first-order valence-corrected chi connectivity index (χ1v) is 12.1. The van der Waals surface area contributed by atoms with Gasteiger partial charge in [0, 0.05) is 43.0 Å². The van der Waals surface area contributed by atoms with Crippen LogP contribution < -0.4 is 22.0 Å². The minimum Gasteiger partial charge on any atom is -0.399 e. The number of nitrogen functional groups attached to an aromatic ring is 2. The Labute approximate surface area is 196 Å². The lowest BCUT2D eigenvalue weighted by molar-refractivity contribution is 0.258. The second-order valence-corrected chi connectivity index (χ2v) is 9.30. The third-order valence-electron chi connectivity index (χ3n) is 6.02. The molecule has 0 spiro atoms. The van der Waals surface area contributed by atoms with Crippen LogP contribution in [0, 0.1) is 0 Å². The van der Waals surface area contributed by atoms with Crippen molar-refractivity contribution >= 4 is 45.1 Å². The van der Waals surface area contributed by atoms with Crippen LogP contribution in [0.2, 0.25) is 0 Å². The van der Waals surface area contributed by atoms with Crippen molar-refractivity contribution in [3.63, 3.8) is 0 Å². The largest absolute Gasteiger partial charge is 0.399 e. The number of fused-ring (bicyclic) bond motifs is 2. The van der Waals surface area contributed by atoms with E-state index in [0.717, 1.165) is 60.9 Å². The van der Waals surface area contributed by atoms with Gasteiger partial charge in [0.05, 0.1) is 16.4 Å². The van der Waals surface area contributed by atoms with Gasteiger partial charge >= 0.3 is 0 Å². The Morgan fingerprint density at radius 1 is 0.939 bits per heavy atom. The molecule has 0 amide bonds. The first-order valence-electron chi connectivity index (χ1n) is 11.1. The Bertz CT molecular complexity index is 1350. The van der Waals surface area contributed by atoms with E-state index in [1.165, 1.54) is 17.1 Å². The molecule has 0 atom stereocenters. The molecule has 9 heteroatoms. The monoisotopic (exact) mass is 461 g/mol. The predicted octanol–water partition coefficient (Wildman–Crippen LogP) is 2.55. The fourth-order valence-electron chi connectivity index (χ4n) is 4.18. The molecule has 8 nitrogen and oxygen atoms in total. The highest BCUT2D eigenvalue weighted by atomic mass is 32.2. The summed E-state index contributed by atoms with van der Waals surface area (Å²) in [4.78, 5) is 26.7. The van der Waals surface area contributed by atoms with Gasteiger partial charge in [0.25, 0.3) is 5.56 Å². The molecule has 1 aliphatic heterocycles. The summed E-state index contributed by atoms with van der Waals surface area (Å²) in [5, 5.41) is 2.17. The molecule has 1 fully saturated rings. The number of nitrogens with zero attached hydrogens (tertiary/aromatic N) is 5. The molecular formula is C24H27N7OS. The minimum absolute atomic E-state index is 0.249. The van der Waals surface area contributed by atoms with Gasteiger partial charge in [-0.05, 0) is 49.4 Å². The number of nitrogens with two attached hydrogens (primary N) is 2. The van der Waals surface area contributed by atoms with Gasteiger partial charge in [0.15, 0.2) is 5.16 Å². The summed E-state index contributed by atoms with van der Waals surface area (Å²) in [5.74, 6) is 7.87. The number of anilines is 2. The van der Waals surface area contributed by atoms with Gasteiger partial charge in [-0.2, -0.15) is 0 Å². The lowest BCUT2D eigenvalue weighted by atomic mass is 10.2. The van der Waals surface area contributed by atoms with Crippen LogP contribution in [0.3, 0.4) is 0 Å². The quantitative estimate of drug-likeness (QED) is 0.148. The highest BCUT2D eigenvalue weighted by Gasteiger charge is 2.18. The number of hydrogen-bond acceptors (Lipinski definition) is 8. The summed E-state index contributed by atoms with van der Waals surface area (Å²) in [7, 11) is 0. The van der Waals surface area contributed by atoms with E-state index in [0.29, 0.717) is 21.7 Å². The average Bonchev–Trinajstić information content (AvgIpc) is 2.84. The number of piperazine rings is 1. The van der Waals surface area contributed by atoms with Crippen molar-refractivity contribution in [1.82, 2.24) is 19.5 Å². The van der Waals surface area contributed by atoms with Crippen LogP contribution in [0.1, 0.15) is 6.42 Å². The summed E-state index contributed by atoms with van der Waals surface area (Å²) in [6.45, 7) is 4.95. The van der Waals surface area contributed by atoms with Gasteiger partial charge in [-0.1, -0.05) is 30.0 Å². The van der Waals surface area contributed by atoms with Crippen molar-refractivity contribution in [3.05, 3.63) is 65.0 Å². The molecule has 33 heavy (non-hydrogen) atoms. The van der Waals surface area contributed by atoms with Crippen molar-refractivity contribution in [2.24, 2.45) is 0 Å². The summed E-state index contributed by atoms with van der Waals surface area (Å²) in [6.07, 6.45) is 0.990. The molecule has 4 N–H and O–H groups in total. The summed E-state index contributed by atoms with van der Waals surface area (Å²) in [5.41, 5.74) is 7.80. The number of thioether (sulfide) groups is 1. The highest BCUT2D eigenvalue weighted by Crippen LogP contribution is 2.21. The van der Waals surface area contributed by atoms with Gasteiger partial charge in [0.1, 0.15) is 5.82 Å². The topological polar surface area (TPSA) is 106 Å². The van der Waals surface area contributed by atoms with E-state index in [4.69, 9.17) is 16.6 Å². The third kappa shape index (κ3) is 4.60. The van der Waals surface area contributed by atoms with E-state index < -0.39 is 0 Å². The molecule has 2 aromatic carbocycles. The zero-order valence-electron chi connectivity index (χ0n) is 18.4. The van der Waals surface area contributed by atoms with E-state index in [9.17, 15) is 4.79 Å². The highest BCUT2D eigenvalue weighted by molar-refractivity contribution is 7.99. The molecule has 4 aromatic rings. The average molecular weight is 462 g/mol. The van der Waals surface area contributed by atoms with Crippen molar-refractivity contribution < 1.29 is 0 Å². The van der Waals surface area contributed by atoms with E-state index in [1.807, 2.05) is 12.1 Å². The molecule has 0 unspecified atom stereocenters. The smallest absolute Gasteiger partial charge is 0.280 e. The third-order valence-corrected chi connectivity index (χ3v) is 7.06. The summed E-state index contributed by atoms with van der Waals surface area (Å²) >= 11 is 1.51. The molecule has 1 aliphatic rings. The first-order chi connectivity index (χ1) is 16.1. The van der Waals surface area contributed by atoms with Gasteiger partial charge in [0.2, 0.25) is 0 Å². The molecule has 3 heterocycles. The number of aromatic nitrogens is 3. The first kappa shape index (κ1) is 21.5. The number of rotatable bonds is 6. The van der Waals surface area contributed by atoms with Crippen LogP contribution in [0.25, 0.3) is 21.8 Å².